The fraction of sp³-hybridized carbons (Fsp3) is 0.636. The highest BCUT2D eigenvalue weighted by Crippen LogP contribution is 2.19. The van der Waals surface area contributed by atoms with Gasteiger partial charge in [-0.05, 0) is 54.3 Å². The van der Waals surface area contributed by atoms with E-state index in [0.717, 1.165) is 25.7 Å². The van der Waals surface area contributed by atoms with E-state index in [1.807, 2.05) is 0 Å². The molecule has 1 aliphatic carbocycles. The molecule has 0 aromatic carbocycles. The molecule has 1 saturated carbocycles. The Morgan fingerprint density at radius 1 is 1.40 bits per heavy atom. The van der Waals surface area contributed by atoms with Crippen LogP contribution in [0, 0.1) is 0 Å². The summed E-state index contributed by atoms with van der Waals surface area (Å²) in [6.07, 6.45) is 4.00. The van der Waals surface area contributed by atoms with Gasteiger partial charge in [0.05, 0.1) is 0 Å². The van der Waals surface area contributed by atoms with Crippen LogP contribution >= 0.6 is 27.3 Å². The van der Waals surface area contributed by atoms with E-state index in [0.29, 0.717) is 0 Å². The lowest BCUT2D eigenvalue weighted by Crippen LogP contribution is -2.22. The van der Waals surface area contributed by atoms with Crippen molar-refractivity contribution in [1.29, 1.82) is 0 Å². The second-order valence-electron chi connectivity index (χ2n) is 3.99. The Morgan fingerprint density at radius 2 is 2.27 bits per heavy atom. The average molecular weight is 289 g/mol. The van der Waals surface area contributed by atoms with E-state index < -0.39 is 0 Å². The molecule has 0 unspecified atom stereocenters. The van der Waals surface area contributed by atoms with Crippen LogP contribution in [0.3, 0.4) is 0 Å². The quantitative estimate of drug-likeness (QED) is 0.754. The molecule has 0 atom stereocenters. The van der Waals surface area contributed by atoms with E-state index in [2.05, 4.69) is 38.0 Å². The second kappa shape index (κ2) is 5.99. The van der Waals surface area contributed by atoms with Gasteiger partial charge >= 0.3 is 0 Å². The van der Waals surface area contributed by atoms with Gasteiger partial charge in [0, 0.05) is 27.3 Å². The van der Waals surface area contributed by atoms with Gasteiger partial charge in [-0.2, -0.15) is 0 Å². The molecule has 84 valence electrons. The van der Waals surface area contributed by atoms with Crippen molar-refractivity contribution in [3.05, 3.63) is 20.8 Å². The molecule has 1 heterocycles. The van der Waals surface area contributed by atoms with Crippen molar-refractivity contribution < 1.29 is 0 Å². The van der Waals surface area contributed by atoms with Crippen LogP contribution in [0.15, 0.2) is 15.9 Å². The summed E-state index contributed by atoms with van der Waals surface area (Å²) in [5.41, 5.74) is 0. The highest BCUT2D eigenvalue weighted by Gasteiger charge is 2.19. The van der Waals surface area contributed by atoms with Gasteiger partial charge in [0.2, 0.25) is 0 Å². The van der Waals surface area contributed by atoms with Crippen molar-refractivity contribution in [3.8, 4) is 0 Å². The van der Waals surface area contributed by atoms with E-state index in [1.54, 1.807) is 11.3 Å². The molecule has 2 N–H and O–H groups in total. The first kappa shape index (κ1) is 11.6. The topological polar surface area (TPSA) is 24.1 Å². The monoisotopic (exact) mass is 288 g/mol. The minimum Gasteiger partial charge on any atom is -0.314 e. The lowest BCUT2D eigenvalue weighted by atomic mass is 10.4. The molecule has 0 spiro atoms. The summed E-state index contributed by atoms with van der Waals surface area (Å²) >= 11 is 5.26. The lowest BCUT2D eigenvalue weighted by molar-refractivity contribution is 0.595. The molecular formula is C11H17BrN2S. The molecule has 0 bridgehead atoms. The number of thiophene rings is 1. The third-order valence-electron chi connectivity index (χ3n) is 2.46. The molecule has 1 aliphatic rings. The van der Waals surface area contributed by atoms with Gasteiger partial charge in [0.25, 0.3) is 0 Å². The van der Waals surface area contributed by atoms with Gasteiger partial charge in [-0.25, -0.2) is 0 Å². The molecule has 1 fully saturated rings. The largest absolute Gasteiger partial charge is 0.314 e. The van der Waals surface area contributed by atoms with Crippen LogP contribution in [0.2, 0.25) is 0 Å². The molecule has 0 amide bonds. The zero-order valence-electron chi connectivity index (χ0n) is 8.76. The molecule has 1 aromatic rings. The van der Waals surface area contributed by atoms with Gasteiger partial charge in [-0.15, -0.1) is 11.3 Å². The fourth-order valence-corrected chi connectivity index (χ4v) is 2.89. The first-order valence-corrected chi connectivity index (χ1v) is 7.19. The van der Waals surface area contributed by atoms with Gasteiger partial charge in [-0.3, -0.25) is 0 Å². The Hall–Kier alpha value is 0.1000. The molecular weight excluding hydrogens is 272 g/mol. The van der Waals surface area contributed by atoms with E-state index in [4.69, 9.17) is 0 Å². The van der Waals surface area contributed by atoms with Crippen LogP contribution in [-0.4, -0.2) is 19.1 Å². The van der Waals surface area contributed by atoms with Crippen LogP contribution in [0.25, 0.3) is 0 Å². The molecule has 0 aliphatic heterocycles. The summed E-state index contributed by atoms with van der Waals surface area (Å²) in [7, 11) is 0. The minimum atomic E-state index is 0.846. The summed E-state index contributed by atoms with van der Waals surface area (Å²) < 4.78 is 1.19. The highest BCUT2D eigenvalue weighted by atomic mass is 79.9. The van der Waals surface area contributed by atoms with E-state index in [1.165, 1.54) is 28.6 Å². The summed E-state index contributed by atoms with van der Waals surface area (Å²) in [5.74, 6) is 0. The Bertz CT molecular complexity index is 297. The zero-order chi connectivity index (χ0) is 10.5. The fourth-order valence-electron chi connectivity index (χ4n) is 1.47. The lowest BCUT2D eigenvalue weighted by Gasteiger charge is -2.03. The van der Waals surface area contributed by atoms with Gasteiger partial charge in [0.1, 0.15) is 0 Å². The maximum absolute atomic E-state index is 3.51. The zero-order valence-corrected chi connectivity index (χ0v) is 11.2. The third kappa shape index (κ3) is 4.64. The van der Waals surface area contributed by atoms with Crippen molar-refractivity contribution in [3.63, 3.8) is 0 Å². The SMILES string of the molecule is Brc1csc(CNCCCNC2CC2)c1. The Labute approximate surface area is 104 Å². The standard InChI is InChI=1S/C11H17BrN2S/c12-9-6-11(15-8-9)7-13-4-1-5-14-10-2-3-10/h6,8,10,13-14H,1-5,7H2. The van der Waals surface area contributed by atoms with Crippen LogP contribution in [-0.2, 0) is 6.54 Å². The van der Waals surface area contributed by atoms with Crippen LogP contribution in [0.5, 0.6) is 0 Å². The number of hydrogen-bond donors (Lipinski definition) is 2. The van der Waals surface area contributed by atoms with Gasteiger partial charge in [0.15, 0.2) is 0 Å². The number of rotatable bonds is 7. The van der Waals surface area contributed by atoms with Crippen LogP contribution < -0.4 is 10.6 Å². The normalized spacial score (nSPS) is 15.8. The van der Waals surface area contributed by atoms with Gasteiger partial charge < -0.3 is 10.6 Å². The molecule has 2 nitrogen and oxygen atoms in total. The predicted molar refractivity (Wildman–Crippen MR) is 69.4 cm³/mol. The Morgan fingerprint density at radius 3 is 2.93 bits per heavy atom. The summed E-state index contributed by atoms with van der Waals surface area (Å²) in [6, 6.07) is 3.03. The summed E-state index contributed by atoms with van der Waals surface area (Å²) in [5, 5.41) is 9.10. The smallest absolute Gasteiger partial charge is 0.0300 e. The van der Waals surface area contributed by atoms with E-state index in [9.17, 15) is 0 Å². The molecule has 15 heavy (non-hydrogen) atoms. The maximum Gasteiger partial charge on any atom is 0.0300 e. The molecule has 2 rings (SSSR count). The first-order chi connectivity index (χ1) is 7.34. The van der Waals surface area contributed by atoms with Gasteiger partial charge in [-0.1, -0.05) is 0 Å². The molecule has 0 radical (unpaired) electrons. The summed E-state index contributed by atoms with van der Waals surface area (Å²) in [4.78, 5) is 1.40. The second-order valence-corrected chi connectivity index (χ2v) is 5.90. The summed E-state index contributed by atoms with van der Waals surface area (Å²) in [6.45, 7) is 3.26. The van der Waals surface area contributed by atoms with Crippen LogP contribution in [0.1, 0.15) is 24.1 Å². The van der Waals surface area contributed by atoms with Crippen LogP contribution in [0.4, 0.5) is 0 Å². The van der Waals surface area contributed by atoms with Crippen molar-refractivity contribution in [2.45, 2.75) is 31.8 Å². The highest BCUT2D eigenvalue weighted by molar-refractivity contribution is 9.10. The Kier molecular flexibility index (Phi) is 4.62. The van der Waals surface area contributed by atoms with Crippen molar-refractivity contribution in [2.75, 3.05) is 13.1 Å². The number of halogens is 1. The predicted octanol–water partition coefficient (Wildman–Crippen LogP) is 2.74. The average Bonchev–Trinajstić information content (AvgIpc) is 2.95. The first-order valence-electron chi connectivity index (χ1n) is 5.51. The maximum atomic E-state index is 3.51. The minimum absolute atomic E-state index is 0.846. The number of hydrogen-bond acceptors (Lipinski definition) is 3. The van der Waals surface area contributed by atoms with E-state index in [-0.39, 0.29) is 0 Å². The molecule has 4 heteroatoms. The molecule has 1 aromatic heterocycles. The molecule has 0 saturated heterocycles. The van der Waals surface area contributed by atoms with Crippen molar-refractivity contribution in [1.82, 2.24) is 10.6 Å². The Balaban J connectivity index is 1.47. The van der Waals surface area contributed by atoms with E-state index >= 15 is 0 Å². The van der Waals surface area contributed by atoms with Crippen molar-refractivity contribution in [2.24, 2.45) is 0 Å². The number of nitrogens with one attached hydrogen (secondary N) is 2. The third-order valence-corrected chi connectivity index (χ3v) is 4.16. The van der Waals surface area contributed by atoms with Crippen molar-refractivity contribution >= 4 is 27.3 Å².